The molecule has 0 saturated carbocycles. The number of nitrogens with zero attached hydrogens (tertiary/aromatic N) is 1. The summed E-state index contributed by atoms with van der Waals surface area (Å²) in [6, 6.07) is 0.0109. The average molecular weight is 346 g/mol. The molecule has 0 spiro atoms. The lowest BCUT2D eigenvalue weighted by molar-refractivity contribution is -0.119. The smallest absolute Gasteiger partial charge is 0.216 e. The molecule has 0 bridgehead atoms. The zero-order valence-electron chi connectivity index (χ0n) is 13.9. The van der Waals surface area contributed by atoms with Crippen molar-refractivity contribution in [1.29, 1.82) is 0 Å². The van der Waals surface area contributed by atoms with Gasteiger partial charge >= 0.3 is 0 Å². The maximum absolute atomic E-state index is 14.1. The maximum atomic E-state index is 14.1. The Hall–Kier alpha value is -1.63. The van der Waals surface area contributed by atoms with Crippen LogP contribution >= 0.6 is 0 Å². The number of benzene rings is 1. The molecule has 1 aromatic rings. The fourth-order valence-corrected chi connectivity index (χ4v) is 3.14. The lowest BCUT2D eigenvalue weighted by atomic mass is 9.98. The van der Waals surface area contributed by atoms with Gasteiger partial charge in [0.05, 0.1) is 0 Å². The number of hydrogen-bond donors (Lipinski definition) is 1. The van der Waals surface area contributed by atoms with E-state index < -0.39 is 34.4 Å². The van der Waals surface area contributed by atoms with Crippen molar-refractivity contribution in [2.24, 2.45) is 0 Å². The molecule has 1 atom stereocenters. The van der Waals surface area contributed by atoms with E-state index in [-0.39, 0.29) is 18.5 Å². The molecule has 1 unspecified atom stereocenters. The van der Waals surface area contributed by atoms with Crippen molar-refractivity contribution in [3.63, 3.8) is 0 Å². The van der Waals surface area contributed by atoms with E-state index in [0.29, 0.717) is 19.5 Å². The van der Waals surface area contributed by atoms with Crippen LogP contribution in [0.1, 0.15) is 43.7 Å². The number of likely N-dealkylation sites (tertiary alicyclic amines) is 1. The quantitative estimate of drug-likeness (QED) is 0.654. The zero-order valence-corrected chi connectivity index (χ0v) is 13.9. The van der Waals surface area contributed by atoms with Crippen molar-refractivity contribution >= 4 is 5.91 Å². The van der Waals surface area contributed by atoms with Gasteiger partial charge in [0.1, 0.15) is 0 Å². The van der Waals surface area contributed by atoms with Gasteiger partial charge in [-0.2, -0.15) is 0 Å². The van der Waals surface area contributed by atoms with Gasteiger partial charge in [0.15, 0.2) is 23.3 Å². The fraction of sp³-hybridized carbons (Fsp3) is 0.588. The van der Waals surface area contributed by atoms with Gasteiger partial charge in [0.25, 0.3) is 0 Å². The largest absolute Gasteiger partial charge is 0.356 e. The normalized spacial score (nSPS) is 18.7. The predicted molar refractivity (Wildman–Crippen MR) is 82.4 cm³/mol. The summed E-state index contributed by atoms with van der Waals surface area (Å²) in [4.78, 5) is 12.8. The van der Waals surface area contributed by atoms with Crippen molar-refractivity contribution in [3.8, 4) is 0 Å². The molecule has 1 heterocycles. The lowest BCUT2D eigenvalue weighted by Gasteiger charge is -2.36. The van der Waals surface area contributed by atoms with Gasteiger partial charge in [-0.1, -0.05) is 6.42 Å². The Morgan fingerprint density at radius 2 is 1.75 bits per heavy atom. The molecule has 1 aromatic carbocycles. The van der Waals surface area contributed by atoms with Crippen LogP contribution in [0.4, 0.5) is 17.6 Å². The summed E-state index contributed by atoms with van der Waals surface area (Å²) >= 11 is 0. The van der Waals surface area contributed by atoms with E-state index in [9.17, 15) is 22.4 Å². The number of nitrogens with one attached hydrogen (secondary N) is 1. The first-order valence-corrected chi connectivity index (χ1v) is 8.12. The zero-order chi connectivity index (χ0) is 17.9. The molecule has 24 heavy (non-hydrogen) atoms. The third kappa shape index (κ3) is 4.06. The molecule has 3 nitrogen and oxygen atoms in total. The second kappa shape index (κ2) is 7.96. The standard InChI is InChI=1S/C17H22F4N2O/c1-10-14(18)16(20)13(17(21)15(10)19)9-23-8-4-3-5-12(23)6-7-22-11(2)24/h12H,3-9H2,1-2H3,(H,22,24). The van der Waals surface area contributed by atoms with Gasteiger partial charge in [-0.25, -0.2) is 17.6 Å². The molecule has 0 aliphatic carbocycles. The van der Waals surface area contributed by atoms with Crippen molar-refractivity contribution in [3.05, 3.63) is 34.4 Å². The summed E-state index contributed by atoms with van der Waals surface area (Å²) in [5.74, 6) is -5.46. The Morgan fingerprint density at radius 1 is 1.12 bits per heavy atom. The van der Waals surface area contributed by atoms with E-state index in [1.807, 2.05) is 4.90 Å². The van der Waals surface area contributed by atoms with Crippen LogP contribution in [-0.4, -0.2) is 29.9 Å². The number of hydrogen-bond acceptors (Lipinski definition) is 2. The first kappa shape index (κ1) is 18.7. The first-order chi connectivity index (χ1) is 11.3. The molecule has 0 radical (unpaired) electrons. The van der Waals surface area contributed by atoms with Gasteiger partial charge in [-0.05, 0) is 32.7 Å². The lowest BCUT2D eigenvalue weighted by Crippen LogP contribution is -2.41. The molecular formula is C17H22F4N2O. The molecule has 1 aliphatic heterocycles. The molecule has 1 N–H and O–H groups in total. The SMILES string of the molecule is CC(=O)NCCC1CCCCN1Cc1c(F)c(F)c(C)c(F)c1F. The van der Waals surface area contributed by atoms with Crippen molar-refractivity contribution in [2.45, 2.75) is 52.1 Å². The molecule has 1 fully saturated rings. The Labute approximate surface area is 139 Å². The monoisotopic (exact) mass is 346 g/mol. The molecule has 0 aromatic heterocycles. The molecule has 1 saturated heterocycles. The summed E-state index contributed by atoms with van der Waals surface area (Å²) < 4.78 is 55.6. The third-order valence-corrected chi connectivity index (χ3v) is 4.54. The van der Waals surface area contributed by atoms with Crippen LogP contribution in [-0.2, 0) is 11.3 Å². The minimum absolute atomic E-state index is 0.0109. The highest BCUT2D eigenvalue weighted by molar-refractivity contribution is 5.72. The first-order valence-electron chi connectivity index (χ1n) is 8.12. The molecule has 134 valence electrons. The van der Waals surface area contributed by atoms with E-state index in [1.165, 1.54) is 6.92 Å². The van der Waals surface area contributed by atoms with Gasteiger partial charge in [-0.3, -0.25) is 9.69 Å². The van der Waals surface area contributed by atoms with E-state index >= 15 is 0 Å². The number of piperidine rings is 1. The molecule has 7 heteroatoms. The van der Waals surface area contributed by atoms with Crippen LogP contribution in [0.15, 0.2) is 0 Å². The van der Waals surface area contributed by atoms with E-state index in [2.05, 4.69) is 5.32 Å². The van der Waals surface area contributed by atoms with Crippen LogP contribution in [0.3, 0.4) is 0 Å². The topological polar surface area (TPSA) is 32.3 Å². The minimum atomic E-state index is -1.34. The van der Waals surface area contributed by atoms with Crippen molar-refractivity contribution in [1.82, 2.24) is 10.2 Å². The average Bonchev–Trinajstić information content (AvgIpc) is 2.56. The Morgan fingerprint density at radius 3 is 2.33 bits per heavy atom. The highest BCUT2D eigenvalue weighted by Crippen LogP contribution is 2.28. The van der Waals surface area contributed by atoms with Crippen LogP contribution in [0, 0.1) is 30.2 Å². The summed E-state index contributed by atoms with van der Waals surface area (Å²) in [6.45, 7) is 3.30. The number of carbonyl (C=O) groups is 1. The van der Waals surface area contributed by atoms with E-state index in [1.54, 1.807) is 0 Å². The summed E-state index contributed by atoms with van der Waals surface area (Å²) in [5.41, 5.74) is -1.21. The Kier molecular flexibility index (Phi) is 6.21. The molecule has 2 rings (SSSR count). The van der Waals surface area contributed by atoms with Crippen molar-refractivity contribution < 1.29 is 22.4 Å². The summed E-state index contributed by atoms with van der Waals surface area (Å²) in [6.07, 6.45) is 3.28. The Balaban J connectivity index is 2.17. The van der Waals surface area contributed by atoms with Crippen LogP contribution in [0.25, 0.3) is 0 Å². The summed E-state index contributed by atoms with van der Waals surface area (Å²) in [5, 5.41) is 2.69. The fourth-order valence-electron chi connectivity index (χ4n) is 3.14. The van der Waals surface area contributed by atoms with Gasteiger partial charge < -0.3 is 5.32 Å². The highest BCUT2D eigenvalue weighted by atomic mass is 19.2. The third-order valence-electron chi connectivity index (χ3n) is 4.54. The van der Waals surface area contributed by atoms with Crippen LogP contribution in [0.2, 0.25) is 0 Å². The summed E-state index contributed by atoms with van der Waals surface area (Å²) in [7, 11) is 0. The number of amides is 1. The van der Waals surface area contributed by atoms with E-state index in [4.69, 9.17) is 0 Å². The van der Waals surface area contributed by atoms with Gasteiger partial charge in [0.2, 0.25) is 5.91 Å². The number of rotatable bonds is 5. The second-order valence-electron chi connectivity index (χ2n) is 6.25. The molecule has 1 aliphatic rings. The van der Waals surface area contributed by atoms with Crippen LogP contribution in [0.5, 0.6) is 0 Å². The number of carbonyl (C=O) groups excluding carboxylic acids is 1. The maximum Gasteiger partial charge on any atom is 0.216 e. The van der Waals surface area contributed by atoms with Gasteiger partial charge in [-0.15, -0.1) is 0 Å². The number of halogens is 4. The van der Waals surface area contributed by atoms with Crippen LogP contribution < -0.4 is 5.32 Å². The predicted octanol–water partition coefficient (Wildman–Crippen LogP) is 3.43. The van der Waals surface area contributed by atoms with Gasteiger partial charge in [0, 0.05) is 37.2 Å². The minimum Gasteiger partial charge on any atom is -0.356 e. The van der Waals surface area contributed by atoms with Crippen molar-refractivity contribution in [2.75, 3.05) is 13.1 Å². The molecular weight excluding hydrogens is 324 g/mol. The second-order valence-corrected chi connectivity index (χ2v) is 6.25. The molecule has 1 amide bonds. The van der Waals surface area contributed by atoms with E-state index in [0.717, 1.165) is 26.2 Å². The Bertz CT molecular complexity index is 592. The highest BCUT2D eigenvalue weighted by Gasteiger charge is 2.28.